The molecule has 1 aromatic heterocycles. The van der Waals surface area contributed by atoms with E-state index >= 15 is 0 Å². The van der Waals surface area contributed by atoms with Crippen molar-refractivity contribution in [2.24, 2.45) is 0 Å². The Balaban J connectivity index is 2.70. The first kappa shape index (κ1) is 10.4. The molecule has 0 atom stereocenters. The normalized spacial score (nSPS) is 12.0. The fourth-order valence-corrected chi connectivity index (χ4v) is 1.77. The van der Waals surface area contributed by atoms with E-state index in [0.29, 0.717) is 9.99 Å². The van der Waals surface area contributed by atoms with Gasteiger partial charge in [0.05, 0.1) is 5.56 Å². The minimum absolute atomic E-state index is 0.422. The summed E-state index contributed by atoms with van der Waals surface area (Å²) in [5.41, 5.74) is -0.663. The largest absolute Gasteiger partial charge is 0.416 e. The molecule has 15 heavy (non-hydrogen) atoms. The van der Waals surface area contributed by atoms with Crippen molar-refractivity contribution in [3.63, 3.8) is 0 Å². The molecule has 5 heteroatoms. The van der Waals surface area contributed by atoms with Gasteiger partial charge >= 0.3 is 6.18 Å². The maximum atomic E-state index is 12.4. The lowest BCUT2D eigenvalue weighted by molar-refractivity contribution is -0.137. The van der Waals surface area contributed by atoms with Crippen LogP contribution in [0, 0.1) is 0 Å². The van der Waals surface area contributed by atoms with Crippen LogP contribution in [-0.2, 0) is 6.18 Å². The summed E-state index contributed by atoms with van der Waals surface area (Å²) in [6, 6.07) is 5.26. The van der Waals surface area contributed by atoms with E-state index in [1.165, 1.54) is 6.07 Å². The summed E-state index contributed by atoms with van der Waals surface area (Å²) in [6.45, 7) is 0. The molecule has 0 amide bonds. The fraction of sp³-hybridized carbons (Fsp3) is 0.100. The van der Waals surface area contributed by atoms with E-state index in [2.05, 4.69) is 20.9 Å². The van der Waals surface area contributed by atoms with Gasteiger partial charge in [-0.05, 0) is 39.5 Å². The zero-order chi connectivity index (χ0) is 11.1. The molecule has 78 valence electrons. The molecule has 0 aliphatic heterocycles. The first-order chi connectivity index (χ1) is 6.98. The Morgan fingerprint density at radius 1 is 1.13 bits per heavy atom. The molecule has 0 fully saturated rings. The smallest absolute Gasteiger partial charge is 0.249 e. The van der Waals surface area contributed by atoms with Gasteiger partial charge in [0, 0.05) is 11.6 Å². The standard InChI is InChI=1S/C10H5BrF3N/c11-9-8-5-7(10(12,13)14)2-1-6(8)3-4-15-9/h1-5H. The number of rotatable bonds is 0. The van der Waals surface area contributed by atoms with Crippen LogP contribution in [0.3, 0.4) is 0 Å². The van der Waals surface area contributed by atoms with Crippen LogP contribution in [0.25, 0.3) is 10.8 Å². The molecule has 0 saturated carbocycles. The van der Waals surface area contributed by atoms with Gasteiger partial charge in [-0.3, -0.25) is 0 Å². The van der Waals surface area contributed by atoms with Gasteiger partial charge in [-0.1, -0.05) is 6.07 Å². The molecule has 2 rings (SSSR count). The maximum Gasteiger partial charge on any atom is 0.416 e. The molecule has 0 radical (unpaired) electrons. The number of aromatic nitrogens is 1. The van der Waals surface area contributed by atoms with E-state index in [0.717, 1.165) is 17.5 Å². The molecule has 0 bridgehead atoms. The van der Waals surface area contributed by atoms with Gasteiger partial charge in [0.1, 0.15) is 4.60 Å². The Kier molecular flexibility index (Phi) is 2.42. The number of hydrogen-bond acceptors (Lipinski definition) is 1. The predicted octanol–water partition coefficient (Wildman–Crippen LogP) is 4.02. The third-order valence-electron chi connectivity index (χ3n) is 2.04. The second-order valence-corrected chi connectivity index (χ2v) is 3.79. The van der Waals surface area contributed by atoms with Crippen molar-refractivity contribution in [3.8, 4) is 0 Å². The van der Waals surface area contributed by atoms with Gasteiger partial charge in [0.25, 0.3) is 0 Å². The zero-order valence-electron chi connectivity index (χ0n) is 7.35. The number of benzene rings is 1. The summed E-state index contributed by atoms with van der Waals surface area (Å²) in [4.78, 5) is 3.88. The maximum absolute atomic E-state index is 12.4. The number of hydrogen-bond donors (Lipinski definition) is 0. The highest BCUT2D eigenvalue weighted by atomic mass is 79.9. The van der Waals surface area contributed by atoms with E-state index < -0.39 is 11.7 Å². The second kappa shape index (κ2) is 3.48. The van der Waals surface area contributed by atoms with Crippen molar-refractivity contribution in [2.45, 2.75) is 6.18 Å². The van der Waals surface area contributed by atoms with Gasteiger partial charge in [0.15, 0.2) is 0 Å². The third kappa shape index (κ3) is 1.97. The molecule has 0 aliphatic rings. The Labute approximate surface area is 92.1 Å². The molecule has 0 saturated heterocycles. The monoisotopic (exact) mass is 275 g/mol. The van der Waals surface area contributed by atoms with Crippen LogP contribution in [0.2, 0.25) is 0 Å². The number of alkyl halides is 3. The molecule has 0 aliphatic carbocycles. The fourth-order valence-electron chi connectivity index (χ4n) is 1.31. The van der Waals surface area contributed by atoms with Crippen molar-refractivity contribution < 1.29 is 13.2 Å². The lowest BCUT2D eigenvalue weighted by Gasteiger charge is -2.07. The summed E-state index contributed by atoms with van der Waals surface area (Å²) >= 11 is 3.12. The number of pyridine rings is 1. The minimum atomic E-state index is -4.32. The summed E-state index contributed by atoms with van der Waals surface area (Å²) in [5.74, 6) is 0. The Bertz CT molecular complexity index is 507. The van der Waals surface area contributed by atoms with E-state index in [1.807, 2.05) is 0 Å². The van der Waals surface area contributed by atoms with Gasteiger partial charge in [-0.25, -0.2) is 4.98 Å². The average molecular weight is 276 g/mol. The van der Waals surface area contributed by atoms with Crippen LogP contribution < -0.4 is 0 Å². The molecule has 0 spiro atoms. The zero-order valence-corrected chi connectivity index (χ0v) is 8.93. The Morgan fingerprint density at radius 2 is 1.87 bits per heavy atom. The highest BCUT2D eigenvalue weighted by molar-refractivity contribution is 9.10. The van der Waals surface area contributed by atoms with Gasteiger partial charge in [-0.15, -0.1) is 0 Å². The van der Waals surface area contributed by atoms with Crippen LogP contribution in [0.1, 0.15) is 5.56 Å². The first-order valence-electron chi connectivity index (χ1n) is 4.10. The summed E-state index contributed by atoms with van der Waals surface area (Å²) in [5, 5.41) is 1.19. The molecular formula is C10H5BrF3N. The summed E-state index contributed by atoms with van der Waals surface area (Å²) in [6.07, 6.45) is -2.77. The van der Waals surface area contributed by atoms with Crippen molar-refractivity contribution in [3.05, 3.63) is 40.6 Å². The number of halogens is 4. The number of nitrogens with zero attached hydrogens (tertiary/aromatic N) is 1. The second-order valence-electron chi connectivity index (χ2n) is 3.04. The van der Waals surface area contributed by atoms with Crippen LogP contribution in [0.4, 0.5) is 13.2 Å². The summed E-state index contributed by atoms with van der Waals surface area (Å²) < 4.78 is 37.7. The summed E-state index contributed by atoms with van der Waals surface area (Å²) in [7, 11) is 0. The lowest BCUT2D eigenvalue weighted by atomic mass is 10.1. The van der Waals surface area contributed by atoms with Crippen LogP contribution >= 0.6 is 15.9 Å². The first-order valence-corrected chi connectivity index (χ1v) is 4.89. The molecular weight excluding hydrogens is 271 g/mol. The van der Waals surface area contributed by atoms with Crippen molar-refractivity contribution in [2.75, 3.05) is 0 Å². The van der Waals surface area contributed by atoms with Crippen molar-refractivity contribution in [1.82, 2.24) is 4.98 Å². The Hall–Kier alpha value is -1.10. The quantitative estimate of drug-likeness (QED) is 0.662. The third-order valence-corrected chi connectivity index (χ3v) is 2.68. The average Bonchev–Trinajstić information content (AvgIpc) is 2.16. The molecule has 2 aromatic rings. The Morgan fingerprint density at radius 3 is 2.53 bits per heavy atom. The van der Waals surface area contributed by atoms with Crippen LogP contribution in [-0.4, -0.2) is 4.98 Å². The molecule has 1 nitrogen and oxygen atoms in total. The van der Waals surface area contributed by atoms with E-state index in [4.69, 9.17) is 0 Å². The van der Waals surface area contributed by atoms with E-state index in [9.17, 15) is 13.2 Å². The van der Waals surface area contributed by atoms with Gasteiger partial charge < -0.3 is 0 Å². The van der Waals surface area contributed by atoms with E-state index in [1.54, 1.807) is 12.3 Å². The van der Waals surface area contributed by atoms with Crippen molar-refractivity contribution in [1.29, 1.82) is 0 Å². The lowest BCUT2D eigenvalue weighted by Crippen LogP contribution is -2.04. The van der Waals surface area contributed by atoms with Gasteiger partial charge in [-0.2, -0.15) is 13.2 Å². The number of fused-ring (bicyclic) bond motifs is 1. The predicted molar refractivity (Wildman–Crippen MR) is 54.4 cm³/mol. The molecule has 1 heterocycles. The highest BCUT2D eigenvalue weighted by Crippen LogP contribution is 2.32. The van der Waals surface area contributed by atoms with E-state index in [-0.39, 0.29) is 0 Å². The molecule has 0 unspecified atom stereocenters. The SMILES string of the molecule is FC(F)(F)c1ccc2ccnc(Br)c2c1. The molecule has 1 aromatic carbocycles. The van der Waals surface area contributed by atoms with Crippen LogP contribution in [0.15, 0.2) is 35.1 Å². The van der Waals surface area contributed by atoms with Crippen LogP contribution in [0.5, 0.6) is 0 Å². The topological polar surface area (TPSA) is 12.9 Å². The molecule has 0 N–H and O–H groups in total. The highest BCUT2D eigenvalue weighted by Gasteiger charge is 2.30. The van der Waals surface area contributed by atoms with Crippen molar-refractivity contribution >= 4 is 26.7 Å². The minimum Gasteiger partial charge on any atom is -0.249 e. The van der Waals surface area contributed by atoms with Gasteiger partial charge in [0.2, 0.25) is 0 Å².